The molecule has 0 aromatic heterocycles. The van der Waals surface area contributed by atoms with Crippen LogP contribution in [0.1, 0.15) is 32.1 Å². The highest BCUT2D eigenvalue weighted by Gasteiger charge is 2.31. The molecule has 1 unspecified atom stereocenters. The second kappa shape index (κ2) is 6.33. The summed E-state index contributed by atoms with van der Waals surface area (Å²) in [6, 6.07) is 1.22. The van der Waals surface area contributed by atoms with Gasteiger partial charge in [-0.3, -0.25) is 10.1 Å². The minimum Gasteiger partial charge on any atom is -0.377 e. The molecule has 0 aromatic rings. The molecule has 6 nitrogen and oxygen atoms in total. The first kappa shape index (κ1) is 14.3. The van der Waals surface area contributed by atoms with Crippen molar-refractivity contribution in [1.29, 1.82) is 5.26 Å². The SMILES string of the molecule is N#C[C@H](C[C@@H]1CCNC1=O)NC(O)[C@@H](N)CC1CC1. The Hall–Kier alpha value is -1.16. The zero-order chi connectivity index (χ0) is 13.8. The van der Waals surface area contributed by atoms with Crippen LogP contribution in [0.5, 0.6) is 0 Å². The standard InChI is InChI=1S/C13H22N4O2/c14-7-10(6-9-3-4-16-12(9)18)17-13(19)11(15)5-8-1-2-8/h8-11,13,17,19H,1-6,15H2,(H,16,18)/t9-,10-,11-,13?/m0/s1. The largest absolute Gasteiger partial charge is 0.377 e. The minimum absolute atomic E-state index is 0.00109. The molecule has 19 heavy (non-hydrogen) atoms. The van der Waals surface area contributed by atoms with E-state index in [4.69, 9.17) is 11.0 Å². The fourth-order valence-electron chi connectivity index (χ4n) is 2.51. The number of carbonyl (C=O) groups is 1. The van der Waals surface area contributed by atoms with Gasteiger partial charge in [0.2, 0.25) is 5.91 Å². The van der Waals surface area contributed by atoms with E-state index in [1.807, 2.05) is 0 Å². The molecular formula is C13H22N4O2. The number of hydrogen-bond donors (Lipinski definition) is 4. The van der Waals surface area contributed by atoms with Crippen molar-refractivity contribution in [3.63, 3.8) is 0 Å². The molecule has 2 rings (SSSR count). The molecule has 0 aromatic carbocycles. The lowest BCUT2D eigenvalue weighted by molar-refractivity contribution is -0.122. The van der Waals surface area contributed by atoms with Crippen molar-refractivity contribution in [3.8, 4) is 6.07 Å². The van der Waals surface area contributed by atoms with Gasteiger partial charge in [0, 0.05) is 18.5 Å². The Kier molecular flexibility index (Phi) is 4.75. The molecule has 2 fully saturated rings. The first-order valence-electron chi connectivity index (χ1n) is 6.97. The van der Waals surface area contributed by atoms with E-state index in [9.17, 15) is 9.90 Å². The van der Waals surface area contributed by atoms with Crippen molar-refractivity contribution in [1.82, 2.24) is 10.6 Å². The van der Waals surface area contributed by atoms with Gasteiger partial charge in [-0.25, -0.2) is 0 Å². The molecule has 1 saturated carbocycles. The number of hydrogen-bond acceptors (Lipinski definition) is 5. The third-order valence-corrected chi connectivity index (χ3v) is 3.92. The Bertz CT molecular complexity index is 364. The predicted octanol–water partition coefficient (Wildman–Crippen LogP) is -0.560. The maximum absolute atomic E-state index is 11.5. The van der Waals surface area contributed by atoms with Crippen LogP contribution in [-0.2, 0) is 4.79 Å². The van der Waals surface area contributed by atoms with Gasteiger partial charge in [-0.1, -0.05) is 12.8 Å². The van der Waals surface area contributed by atoms with E-state index in [0.717, 1.165) is 12.8 Å². The molecule has 1 heterocycles. The smallest absolute Gasteiger partial charge is 0.223 e. The van der Waals surface area contributed by atoms with Gasteiger partial charge < -0.3 is 16.2 Å². The van der Waals surface area contributed by atoms with Gasteiger partial charge in [0.1, 0.15) is 6.23 Å². The van der Waals surface area contributed by atoms with E-state index in [1.54, 1.807) is 0 Å². The van der Waals surface area contributed by atoms with Crippen molar-refractivity contribution in [2.45, 2.75) is 50.4 Å². The van der Waals surface area contributed by atoms with Gasteiger partial charge in [-0.05, 0) is 25.2 Å². The highest BCUT2D eigenvalue weighted by Crippen LogP contribution is 2.33. The zero-order valence-electron chi connectivity index (χ0n) is 11.0. The molecule has 1 saturated heterocycles. The third-order valence-electron chi connectivity index (χ3n) is 3.92. The summed E-state index contributed by atoms with van der Waals surface area (Å²) in [5.41, 5.74) is 5.90. The summed E-state index contributed by atoms with van der Waals surface area (Å²) in [6.07, 6.45) is 3.46. The molecule has 6 heteroatoms. The quantitative estimate of drug-likeness (QED) is 0.462. The Balaban J connectivity index is 1.77. The molecule has 5 N–H and O–H groups in total. The van der Waals surface area contributed by atoms with Crippen molar-refractivity contribution in [2.75, 3.05) is 6.54 Å². The molecule has 4 atom stereocenters. The average molecular weight is 266 g/mol. The van der Waals surface area contributed by atoms with Crippen LogP contribution in [-0.4, -0.2) is 35.9 Å². The summed E-state index contributed by atoms with van der Waals surface area (Å²) in [7, 11) is 0. The maximum atomic E-state index is 11.5. The summed E-state index contributed by atoms with van der Waals surface area (Å²) in [5.74, 6) is 0.496. The highest BCUT2D eigenvalue weighted by molar-refractivity contribution is 5.80. The molecule has 1 amide bonds. The van der Waals surface area contributed by atoms with E-state index in [-0.39, 0.29) is 17.9 Å². The summed E-state index contributed by atoms with van der Waals surface area (Å²) in [4.78, 5) is 11.5. The fraction of sp³-hybridized carbons (Fsp3) is 0.846. The van der Waals surface area contributed by atoms with Gasteiger partial charge in [0.05, 0.1) is 12.1 Å². The van der Waals surface area contributed by atoms with Crippen LogP contribution in [0, 0.1) is 23.2 Å². The van der Waals surface area contributed by atoms with Crippen molar-refractivity contribution < 1.29 is 9.90 Å². The lowest BCUT2D eigenvalue weighted by Crippen LogP contribution is -2.49. The minimum atomic E-state index is -0.880. The average Bonchev–Trinajstić information content (AvgIpc) is 3.11. The molecule has 2 aliphatic rings. The molecule has 0 spiro atoms. The van der Waals surface area contributed by atoms with Gasteiger partial charge >= 0.3 is 0 Å². The molecule has 0 bridgehead atoms. The Morgan fingerprint density at radius 3 is 2.74 bits per heavy atom. The number of nitrogens with one attached hydrogen (secondary N) is 2. The summed E-state index contributed by atoms with van der Waals surface area (Å²) >= 11 is 0. The number of nitrogens with two attached hydrogens (primary N) is 1. The summed E-state index contributed by atoms with van der Waals surface area (Å²) < 4.78 is 0. The number of amides is 1. The fourth-order valence-corrected chi connectivity index (χ4v) is 2.51. The zero-order valence-corrected chi connectivity index (χ0v) is 11.0. The van der Waals surface area contributed by atoms with Gasteiger partial charge in [0.15, 0.2) is 0 Å². The monoisotopic (exact) mass is 266 g/mol. The van der Waals surface area contributed by atoms with Crippen molar-refractivity contribution in [2.24, 2.45) is 17.6 Å². The number of aliphatic hydroxyl groups excluding tert-OH is 1. The second-order valence-corrected chi connectivity index (χ2v) is 5.65. The number of carbonyl (C=O) groups excluding carboxylic acids is 1. The second-order valence-electron chi connectivity index (χ2n) is 5.65. The van der Waals surface area contributed by atoms with Gasteiger partial charge in [-0.15, -0.1) is 0 Å². The van der Waals surface area contributed by atoms with Gasteiger partial charge in [0.25, 0.3) is 0 Å². The number of aliphatic hydroxyl groups is 1. The molecule has 0 radical (unpaired) electrons. The molecule has 1 aliphatic carbocycles. The number of nitrogens with zero attached hydrogens (tertiary/aromatic N) is 1. The van der Waals surface area contributed by atoms with Crippen molar-refractivity contribution >= 4 is 5.91 Å². The van der Waals surface area contributed by atoms with Gasteiger partial charge in [-0.2, -0.15) is 5.26 Å². The normalized spacial score (nSPS) is 27.4. The maximum Gasteiger partial charge on any atom is 0.223 e. The van der Waals surface area contributed by atoms with Crippen LogP contribution in [0.3, 0.4) is 0 Å². The molecular weight excluding hydrogens is 244 g/mol. The first-order chi connectivity index (χ1) is 9.10. The van der Waals surface area contributed by atoms with Crippen LogP contribution in [0.15, 0.2) is 0 Å². The van der Waals surface area contributed by atoms with Crippen LogP contribution < -0.4 is 16.4 Å². The van der Waals surface area contributed by atoms with E-state index in [0.29, 0.717) is 18.9 Å². The Labute approximate surface area is 113 Å². The topological polar surface area (TPSA) is 111 Å². The summed E-state index contributed by atoms with van der Waals surface area (Å²) in [5, 5.41) is 24.6. The summed E-state index contributed by atoms with van der Waals surface area (Å²) in [6.45, 7) is 0.672. The van der Waals surface area contributed by atoms with Crippen LogP contribution >= 0.6 is 0 Å². The molecule has 1 aliphatic heterocycles. The molecule has 106 valence electrons. The highest BCUT2D eigenvalue weighted by atomic mass is 16.3. The van der Waals surface area contributed by atoms with E-state index in [1.165, 1.54) is 12.8 Å². The van der Waals surface area contributed by atoms with Crippen LogP contribution in [0.4, 0.5) is 0 Å². The van der Waals surface area contributed by atoms with E-state index in [2.05, 4.69) is 16.7 Å². The first-order valence-corrected chi connectivity index (χ1v) is 6.97. The Morgan fingerprint density at radius 1 is 1.47 bits per heavy atom. The number of nitriles is 1. The van der Waals surface area contributed by atoms with E-state index >= 15 is 0 Å². The Morgan fingerprint density at radius 2 is 2.21 bits per heavy atom. The predicted molar refractivity (Wildman–Crippen MR) is 69.6 cm³/mol. The van der Waals surface area contributed by atoms with Crippen LogP contribution in [0.2, 0.25) is 0 Å². The third kappa shape index (κ3) is 4.16. The lowest BCUT2D eigenvalue weighted by Gasteiger charge is -2.23. The lowest BCUT2D eigenvalue weighted by atomic mass is 9.98. The number of rotatable bonds is 7. The van der Waals surface area contributed by atoms with Crippen molar-refractivity contribution in [3.05, 3.63) is 0 Å². The van der Waals surface area contributed by atoms with Crippen LogP contribution in [0.25, 0.3) is 0 Å². The van der Waals surface area contributed by atoms with E-state index < -0.39 is 12.3 Å².